The van der Waals surface area contributed by atoms with Gasteiger partial charge in [0.15, 0.2) is 11.5 Å². The van der Waals surface area contributed by atoms with Crippen LogP contribution in [0, 0.1) is 0 Å². The molecule has 0 atom stereocenters. The van der Waals surface area contributed by atoms with Gasteiger partial charge < -0.3 is 9.73 Å². The first-order chi connectivity index (χ1) is 13.1. The first-order valence-corrected chi connectivity index (χ1v) is 9.67. The molecule has 2 aromatic carbocycles. The summed E-state index contributed by atoms with van der Waals surface area (Å²) >= 11 is 12.2. The van der Waals surface area contributed by atoms with Crippen molar-refractivity contribution in [2.75, 3.05) is 25.0 Å². The number of aromatic nitrogens is 1. The highest BCUT2D eigenvalue weighted by Crippen LogP contribution is 2.31. The number of piperidine rings is 1. The van der Waals surface area contributed by atoms with Gasteiger partial charge in [0.25, 0.3) is 0 Å². The Bertz CT molecular complexity index is 912. The first-order valence-electron chi connectivity index (χ1n) is 8.92. The van der Waals surface area contributed by atoms with E-state index in [1.807, 2.05) is 24.3 Å². The molecule has 140 valence electrons. The van der Waals surface area contributed by atoms with E-state index >= 15 is 0 Å². The van der Waals surface area contributed by atoms with Crippen LogP contribution in [0.25, 0.3) is 11.1 Å². The van der Waals surface area contributed by atoms with Gasteiger partial charge in [-0.15, -0.1) is 0 Å². The second-order valence-corrected chi connectivity index (χ2v) is 7.53. The fourth-order valence-corrected chi connectivity index (χ4v) is 3.89. The Hall–Kier alpha value is -2.08. The number of hydrogen-bond acceptors (Lipinski definition) is 4. The zero-order chi connectivity index (χ0) is 18.8. The number of nitrogens with one attached hydrogen (secondary N) is 1. The van der Waals surface area contributed by atoms with Crippen molar-refractivity contribution in [1.29, 1.82) is 0 Å². The van der Waals surface area contributed by atoms with E-state index in [2.05, 4.69) is 15.2 Å². The van der Waals surface area contributed by atoms with E-state index in [1.165, 1.54) is 0 Å². The van der Waals surface area contributed by atoms with E-state index < -0.39 is 0 Å². The molecule has 0 spiro atoms. The summed E-state index contributed by atoms with van der Waals surface area (Å²) in [4.78, 5) is 19.1. The Morgan fingerprint density at radius 1 is 1.11 bits per heavy atom. The number of amides is 1. The Morgan fingerprint density at radius 3 is 2.52 bits per heavy atom. The van der Waals surface area contributed by atoms with Crippen LogP contribution in [-0.2, 0) is 4.79 Å². The molecule has 5 nitrogen and oxygen atoms in total. The summed E-state index contributed by atoms with van der Waals surface area (Å²) in [6.07, 6.45) is 1.82. The van der Waals surface area contributed by atoms with Crippen molar-refractivity contribution in [3.05, 3.63) is 58.4 Å². The molecule has 0 bridgehead atoms. The molecule has 4 rings (SSSR count). The molecule has 1 saturated heterocycles. The van der Waals surface area contributed by atoms with Crippen molar-refractivity contribution in [3.8, 4) is 0 Å². The van der Waals surface area contributed by atoms with E-state index in [0.29, 0.717) is 22.3 Å². The highest BCUT2D eigenvalue weighted by atomic mass is 35.5. The lowest BCUT2D eigenvalue weighted by atomic mass is 9.97. The maximum Gasteiger partial charge on any atom is 0.238 e. The Balaban J connectivity index is 1.33. The van der Waals surface area contributed by atoms with Crippen LogP contribution in [0.4, 0.5) is 5.69 Å². The lowest BCUT2D eigenvalue weighted by molar-refractivity contribution is -0.117. The van der Waals surface area contributed by atoms with Gasteiger partial charge in [-0.1, -0.05) is 41.4 Å². The maximum absolute atomic E-state index is 12.4. The van der Waals surface area contributed by atoms with Crippen LogP contribution in [0.15, 0.2) is 46.9 Å². The molecule has 1 N–H and O–H groups in total. The molecule has 2 heterocycles. The number of nitrogens with zero attached hydrogens (tertiary/aromatic N) is 2. The van der Waals surface area contributed by atoms with Crippen LogP contribution >= 0.6 is 23.2 Å². The summed E-state index contributed by atoms with van der Waals surface area (Å²) in [7, 11) is 0. The molecule has 3 aromatic rings. The van der Waals surface area contributed by atoms with E-state index in [-0.39, 0.29) is 11.8 Å². The SMILES string of the molecule is O=C(CN1CCC(c2nc3ccccc3o2)CC1)Nc1c(Cl)cccc1Cl. The van der Waals surface area contributed by atoms with Crippen molar-refractivity contribution in [1.82, 2.24) is 9.88 Å². The fraction of sp³-hybridized carbons (Fsp3) is 0.300. The minimum Gasteiger partial charge on any atom is -0.440 e. The minimum absolute atomic E-state index is 0.120. The molecule has 1 aliphatic heterocycles. The first kappa shape index (κ1) is 18.3. The molecule has 27 heavy (non-hydrogen) atoms. The van der Waals surface area contributed by atoms with Crippen LogP contribution in [0.5, 0.6) is 0 Å². The number of hydrogen-bond donors (Lipinski definition) is 1. The Morgan fingerprint density at radius 2 is 1.81 bits per heavy atom. The lowest BCUT2D eigenvalue weighted by Gasteiger charge is -2.30. The van der Waals surface area contributed by atoms with Gasteiger partial charge in [-0.05, 0) is 50.2 Å². The highest BCUT2D eigenvalue weighted by Gasteiger charge is 2.25. The van der Waals surface area contributed by atoms with E-state index in [0.717, 1.165) is 42.9 Å². The Kier molecular flexibility index (Phi) is 5.34. The van der Waals surface area contributed by atoms with Crippen molar-refractivity contribution in [3.63, 3.8) is 0 Å². The summed E-state index contributed by atoms with van der Waals surface area (Å²) in [5.74, 6) is 0.961. The van der Waals surface area contributed by atoms with E-state index in [9.17, 15) is 4.79 Å². The molecular weight excluding hydrogens is 385 g/mol. The number of rotatable bonds is 4. The normalized spacial score (nSPS) is 15.9. The molecular formula is C20H19Cl2N3O2. The number of para-hydroxylation sites is 3. The zero-order valence-corrected chi connectivity index (χ0v) is 16.1. The summed E-state index contributed by atoms with van der Waals surface area (Å²) in [5, 5.41) is 3.68. The van der Waals surface area contributed by atoms with Gasteiger partial charge in [0.05, 0.1) is 22.3 Å². The van der Waals surface area contributed by atoms with Crippen LogP contribution < -0.4 is 5.32 Å². The number of oxazole rings is 1. The number of fused-ring (bicyclic) bond motifs is 1. The lowest BCUT2D eigenvalue weighted by Crippen LogP contribution is -2.38. The minimum atomic E-state index is -0.120. The van der Waals surface area contributed by atoms with Gasteiger partial charge in [-0.25, -0.2) is 4.98 Å². The third-order valence-electron chi connectivity index (χ3n) is 4.84. The highest BCUT2D eigenvalue weighted by molar-refractivity contribution is 6.39. The van der Waals surface area contributed by atoms with Gasteiger partial charge in [-0.2, -0.15) is 0 Å². The summed E-state index contributed by atoms with van der Waals surface area (Å²) in [6.45, 7) is 1.93. The van der Waals surface area contributed by atoms with Crippen LogP contribution in [0.2, 0.25) is 10.0 Å². The quantitative estimate of drug-likeness (QED) is 0.668. The molecule has 1 amide bonds. The second-order valence-electron chi connectivity index (χ2n) is 6.72. The molecule has 0 aliphatic carbocycles. The second kappa shape index (κ2) is 7.89. The predicted molar refractivity (Wildman–Crippen MR) is 108 cm³/mol. The van der Waals surface area contributed by atoms with Gasteiger partial charge in [0, 0.05) is 5.92 Å². The van der Waals surface area contributed by atoms with E-state index in [4.69, 9.17) is 27.6 Å². The average Bonchev–Trinajstić information content (AvgIpc) is 3.10. The zero-order valence-electron chi connectivity index (χ0n) is 14.6. The third kappa shape index (κ3) is 4.10. The van der Waals surface area contributed by atoms with Crippen LogP contribution in [0.3, 0.4) is 0 Å². The number of carbonyl (C=O) groups excluding carboxylic acids is 1. The molecule has 0 radical (unpaired) electrons. The van der Waals surface area contributed by atoms with Gasteiger partial charge >= 0.3 is 0 Å². The monoisotopic (exact) mass is 403 g/mol. The third-order valence-corrected chi connectivity index (χ3v) is 5.47. The smallest absolute Gasteiger partial charge is 0.238 e. The molecule has 1 aliphatic rings. The summed E-state index contributed by atoms with van der Waals surface area (Å²) in [5.41, 5.74) is 2.18. The number of carbonyl (C=O) groups is 1. The average molecular weight is 404 g/mol. The van der Waals surface area contributed by atoms with Crippen molar-refractivity contribution >= 4 is 45.9 Å². The van der Waals surface area contributed by atoms with Crippen LogP contribution in [-0.4, -0.2) is 35.4 Å². The van der Waals surface area contributed by atoms with Crippen LogP contribution in [0.1, 0.15) is 24.7 Å². The molecule has 7 heteroatoms. The number of halogens is 2. The maximum atomic E-state index is 12.4. The Labute approximate surface area is 167 Å². The summed E-state index contributed by atoms with van der Waals surface area (Å²) in [6, 6.07) is 13.0. The molecule has 0 saturated carbocycles. The van der Waals surface area contributed by atoms with Gasteiger partial charge in [0.2, 0.25) is 5.91 Å². The van der Waals surface area contributed by atoms with E-state index in [1.54, 1.807) is 18.2 Å². The standard InChI is InChI=1S/C20H19Cl2N3O2/c21-14-4-3-5-15(22)19(14)24-18(26)12-25-10-8-13(9-11-25)20-23-16-6-1-2-7-17(16)27-20/h1-7,13H,8-12H2,(H,24,26). The van der Waals surface area contributed by atoms with Crippen molar-refractivity contribution in [2.45, 2.75) is 18.8 Å². The largest absolute Gasteiger partial charge is 0.440 e. The molecule has 0 unspecified atom stereocenters. The molecule has 1 fully saturated rings. The molecule has 1 aromatic heterocycles. The number of benzene rings is 2. The van der Waals surface area contributed by atoms with Gasteiger partial charge in [-0.3, -0.25) is 9.69 Å². The summed E-state index contributed by atoms with van der Waals surface area (Å²) < 4.78 is 5.89. The number of anilines is 1. The van der Waals surface area contributed by atoms with Gasteiger partial charge in [0.1, 0.15) is 5.52 Å². The predicted octanol–water partition coefficient (Wildman–Crippen LogP) is 4.95. The number of likely N-dealkylation sites (tertiary alicyclic amines) is 1. The van der Waals surface area contributed by atoms with Crippen molar-refractivity contribution < 1.29 is 9.21 Å². The fourth-order valence-electron chi connectivity index (χ4n) is 3.40. The topological polar surface area (TPSA) is 58.4 Å². The van der Waals surface area contributed by atoms with Crippen molar-refractivity contribution in [2.24, 2.45) is 0 Å².